The first-order valence-corrected chi connectivity index (χ1v) is 10.1. The molecular formula is C17H14Cl2FN3O3S. The maximum absolute atomic E-state index is 13.6. The van der Waals surface area contributed by atoms with E-state index in [1.54, 1.807) is 0 Å². The smallest absolute Gasteiger partial charge is 0.262 e. The van der Waals surface area contributed by atoms with E-state index in [0.717, 1.165) is 18.6 Å². The molecule has 2 aromatic rings. The number of aliphatic imine (C=N–C) groups is 1. The van der Waals surface area contributed by atoms with Crippen molar-refractivity contribution in [3.05, 3.63) is 57.8 Å². The maximum Gasteiger partial charge on any atom is 0.262 e. The number of benzene rings is 2. The van der Waals surface area contributed by atoms with Gasteiger partial charge >= 0.3 is 0 Å². The number of anilines is 1. The lowest BCUT2D eigenvalue weighted by molar-refractivity contribution is 0.102. The van der Waals surface area contributed by atoms with Crippen molar-refractivity contribution in [1.29, 1.82) is 0 Å². The molecule has 0 spiro atoms. The van der Waals surface area contributed by atoms with Crippen molar-refractivity contribution < 1.29 is 17.6 Å². The highest BCUT2D eigenvalue weighted by atomic mass is 35.5. The quantitative estimate of drug-likeness (QED) is 0.723. The van der Waals surface area contributed by atoms with Gasteiger partial charge in [0.05, 0.1) is 20.5 Å². The Bertz CT molecular complexity index is 1040. The van der Waals surface area contributed by atoms with E-state index in [-0.39, 0.29) is 26.2 Å². The van der Waals surface area contributed by atoms with Crippen LogP contribution < -0.4 is 10.0 Å². The van der Waals surface area contributed by atoms with Crippen LogP contribution in [0.2, 0.25) is 10.0 Å². The summed E-state index contributed by atoms with van der Waals surface area (Å²) in [6.45, 7) is 0.590. The van der Waals surface area contributed by atoms with Crippen LogP contribution in [0.25, 0.3) is 0 Å². The summed E-state index contributed by atoms with van der Waals surface area (Å²) in [5.74, 6) is -1.07. The van der Waals surface area contributed by atoms with Crippen LogP contribution in [0.15, 0.2) is 46.3 Å². The number of amides is 1. The Labute approximate surface area is 165 Å². The molecule has 1 aliphatic rings. The molecule has 0 atom stereocenters. The largest absolute Gasteiger partial charge is 0.322 e. The van der Waals surface area contributed by atoms with Gasteiger partial charge in [-0.15, -0.1) is 0 Å². The zero-order chi connectivity index (χ0) is 19.6. The zero-order valence-electron chi connectivity index (χ0n) is 13.8. The van der Waals surface area contributed by atoms with E-state index in [1.165, 1.54) is 24.3 Å². The summed E-state index contributed by atoms with van der Waals surface area (Å²) in [5.41, 5.74) is 0.0907. The molecule has 3 rings (SSSR count). The number of hydrogen-bond acceptors (Lipinski definition) is 4. The Balaban J connectivity index is 1.81. The highest BCUT2D eigenvalue weighted by molar-refractivity contribution is 7.90. The maximum atomic E-state index is 13.6. The SMILES string of the molecule is O=C(Nc1cccc(S(=O)(=O)NC2=NCCC2)c1)c1cc(F)c(Cl)cc1Cl. The fraction of sp³-hybridized carbons (Fsp3) is 0.176. The number of halogens is 3. The highest BCUT2D eigenvalue weighted by Crippen LogP contribution is 2.25. The molecule has 0 bridgehead atoms. The fourth-order valence-corrected chi connectivity index (χ4v) is 4.08. The molecule has 0 saturated heterocycles. The third kappa shape index (κ3) is 4.58. The van der Waals surface area contributed by atoms with Crippen LogP contribution in [0.1, 0.15) is 23.2 Å². The molecule has 1 heterocycles. The van der Waals surface area contributed by atoms with Gasteiger partial charge in [-0.3, -0.25) is 14.5 Å². The number of hydrogen-bond donors (Lipinski definition) is 2. The number of carbonyl (C=O) groups is 1. The van der Waals surface area contributed by atoms with Gasteiger partial charge in [0.15, 0.2) is 0 Å². The molecular weight excluding hydrogens is 416 g/mol. The van der Waals surface area contributed by atoms with Gasteiger partial charge in [0.2, 0.25) is 0 Å². The minimum Gasteiger partial charge on any atom is -0.322 e. The predicted molar refractivity (Wildman–Crippen MR) is 103 cm³/mol. The molecule has 1 aliphatic heterocycles. The van der Waals surface area contributed by atoms with Gasteiger partial charge in [0, 0.05) is 18.7 Å². The van der Waals surface area contributed by atoms with Crippen molar-refractivity contribution in [2.75, 3.05) is 11.9 Å². The number of rotatable bonds is 4. The Morgan fingerprint density at radius 3 is 2.63 bits per heavy atom. The van der Waals surface area contributed by atoms with Crippen molar-refractivity contribution in [3.63, 3.8) is 0 Å². The molecule has 10 heteroatoms. The Hall–Kier alpha value is -2.16. The van der Waals surface area contributed by atoms with Gasteiger partial charge in [0.1, 0.15) is 11.7 Å². The zero-order valence-corrected chi connectivity index (χ0v) is 16.1. The van der Waals surface area contributed by atoms with E-state index in [9.17, 15) is 17.6 Å². The minimum atomic E-state index is -3.82. The van der Waals surface area contributed by atoms with Crippen molar-refractivity contribution in [2.24, 2.45) is 4.99 Å². The summed E-state index contributed by atoms with van der Waals surface area (Å²) >= 11 is 11.5. The fourth-order valence-electron chi connectivity index (χ4n) is 2.47. The number of amidine groups is 1. The molecule has 0 aliphatic carbocycles. The molecule has 0 fully saturated rings. The minimum absolute atomic E-state index is 0.0245. The lowest BCUT2D eigenvalue weighted by Crippen LogP contribution is -2.29. The van der Waals surface area contributed by atoms with Gasteiger partial charge in [-0.05, 0) is 36.8 Å². The molecule has 6 nitrogen and oxygen atoms in total. The summed E-state index contributed by atoms with van der Waals surface area (Å²) in [7, 11) is -3.82. The normalized spacial score (nSPS) is 14.0. The van der Waals surface area contributed by atoms with Crippen LogP contribution in [0.3, 0.4) is 0 Å². The molecule has 0 unspecified atom stereocenters. The van der Waals surface area contributed by atoms with Gasteiger partial charge in [0.25, 0.3) is 15.9 Å². The first-order chi connectivity index (χ1) is 12.8. The first kappa shape index (κ1) is 19.6. The van der Waals surface area contributed by atoms with Crippen molar-refractivity contribution in [3.8, 4) is 0 Å². The number of nitrogens with one attached hydrogen (secondary N) is 2. The van der Waals surface area contributed by atoms with Crippen LogP contribution in [0, 0.1) is 5.82 Å². The summed E-state index contributed by atoms with van der Waals surface area (Å²) in [5, 5.41) is 2.27. The summed E-state index contributed by atoms with van der Waals surface area (Å²) in [4.78, 5) is 16.4. The molecule has 27 heavy (non-hydrogen) atoms. The van der Waals surface area contributed by atoms with Crippen LogP contribution in [0.5, 0.6) is 0 Å². The van der Waals surface area contributed by atoms with Crippen LogP contribution in [-0.2, 0) is 10.0 Å². The van der Waals surface area contributed by atoms with Crippen molar-refractivity contribution >= 4 is 50.7 Å². The number of carbonyl (C=O) groups excluding carboxylic acids is 1. The Kier molecular flexibility index (Phi) is 5.69. The van der Waals surface area contributed by atoms with E-state index in [2.05, 4.69) is 15.0 Å². The number of nitrogens with zero attached hydrogens (tertiary/aromatic N) is 1. The Morgan fingerprint density at radius 2 is 1.93 bits per heavy atom. The van der Waals surface area contributed by atoms with Gasteiger partial charge in [-0.2, -0.15) is 0 Å². The van der Waals surface area contributed by atoms with E-state index >= 15 is 0 Å². The second-order valence-corrected chi connectivity index (χ2v) is 8.26. The van der Waals surface area contributed by atoms with E-state index in [4.69, 9.17) is 23.2 Å². The van der Waals surface area contributed by atoms with Crippen LogP contribution >= 0.6 is 23.2 Å². The van der Waals surface area contributed by atoms with Crippen molar-refractivity contribution in [2.45, 2.75) is 17.7 Å². The average Bonchev–Trinajstić information content (AvgIpc) is 3.10. The van der Waals surface area contributed by atoms with Gasteiger partial charge in [-0.25, -0.2) is 12.8 Å². The summed E-state index contributed by atoms with van der Waals surface area (Å²) < 4.78 is 40.9. The molecule has 2 aromatic carbocycles. The third-order valence-electron chi connectivity index (χ3n) is 3.78. The van der Waals surface area contributed by atoms with Crippen LogP contribution in [-0.4, -0.2) is 26.7 Å². The highest BCUT2D eigenvalue weighted by Gasteiger charge is 2.19. The lowest BCUT2D eigenvalue weighted by Gasteiger charge is -2.11. The summed E-state index contributed by atoms with van der Waals surface area (Å²) in [6, 6.07) is 7.70. The monoisotopic (exact) mass is 429 g/mol. The topological polar surface area (TPSA) is 87.6 Å². The van der Waals surface area contributed by atoms with Crippen LogP contribution in [0.4, 0.5) is 10.1 Å². The van der Waals surface area contributed by atoms with E-state index in [0.29, 0.717) is 18.8 Å². The van der Waals surface area contributed by atoms with Crippen molar-refractivity contribution in [1.82, 2.24) is 4.72 Å². The third-order valence-corrected chi connectivity index (χ3v) is 5.76. The van der Waals surface area contributed by atoms with E-state index in [1.807, 2.05) is 0 Å². The Morgan fingerprint density at radius 1 is 1.15 bits per heavy atom. The lowest BCUT2D eigenvalue weighted by atomic mass is 10.2. The molecule has 1 amide bonds. The molecule has 0 aromatic heterocycles. The first-order valence-electron chi connectivity index (χ1n) is 7.88. The number of sulfonamides is 1. The predicted octanol–water partition coefficient (Wildman–Crippen LogP) is 3.86. The molecule has 2 N–H and O–H groups in total. The molecule has 0 radical (unpaired) electrons. The second kappa shape index (κ2) is 7.84. The summed E-state index contributed by atoms with van der Waals surface area (Å²) in [6.07, 6.45) is 1.36. The molecule has 142 valence electrons. The molecule has 0 saturated carbocycles. The standard InChI is InChI=1S/C17H14Cl2FN3O3S/c18-13-9-14(19)15(20)8-12(13)17(24)22-10-3-1-4-11(7-10)27(25,26)23-16-5-2-6-21-16/h1,3-4,7-9H,2,5-6H2,(H,21,23)(H,22,24). The second-order valence-electron chi connectivity index (χ2n) is 5.77. The average molecular weight is 430 g/mol. The van der Waals surface area contributed by atoms with Gasteiger partial charge < -0.3 is 5.32 Å². The van der Waals surface area contributed by atoms with Gasteiger partial charge in [-0.1, -0.05) is 29.3 Å². The van der Waals surface area contributed by atoms with E-state index < -0.39 is 21.7 Å².